The Kier molecular flexibility index (Phi) is 2.56. The van der Waals surface area contributed by atoms with Crippen LogP contribution in [0.15, 0.2) is 4.99 Å². The maximum Gasteiger partial charge on any atom is 0.122 e. The van der Waals surface area contributed by atoms with Gasteiger partial charge in [-0.15, -0.1) is 0 Å². The molecule has 1 rings (SSSR count). The maximum absolute atomic E-state index is 9.12. The fourth-order valence-corrected chi connectivity index (χ4v) is 1.06. The van der Waals surface area contributed by atoms with Gasteiger partial charge in [0, 0.05) is 0 Å². The van der Waals surface area contributed by atoms with Crippen molar-refractivity contribution in [2.24, 2.45) is 4.99 Å². The summed E-state index contributed by atoms with van der Waals surface area (Å²) >= 11 is 0. The van der Waals surface area contributed by atoms with Crippen molar-refractivity contribution in [3.8, 4) is 0 Å². The van der Waals surface area contributed by atoms with E-state index in [1.165, 1.54) is 0 Å². The smallest absolute Gasteiger partial charge is 0.122 e. The van der Waals surface area contributed by atoms with E-state index in [2.05, 4.69) is 4.99 Å². The largest absolute Gasteiger partial charge is 0.394 e. The second-order valence-electron chi connectivity index (χ2n) is 2.46. The highest BCUT2D eigenvalue weighted by Gasteiger charge is 2.35. The molecule has 64 valence electrons. The van der Waals surface area contributed by atoms with Gasteiger partial charge in [-0.25, -0.2) is 0 Å². The number of aliphatic imine (C=N–C) groups is 1. The van der Waals surface area contributed by atoms with E-state index in [1.807, 2.05) is 0 Å². The summed E-state index contributed by atoms with van der Waals surface area (Å²) in [5.41, 5.74) is 0.136. The van der Waals surface area contributed by atoms with Gasteiger partial charge in [0.25, 0.3) is 0 Å². The lowest BCUT2D eigenvalue weighted by Gasteiger charge is -2.12. The van der Waals surface area contributed by atoms with Crippen LogP contribution in [-0.4, -0.2) is 57.6 Å². The summed E-state index contributed by atoms with van der Waals surface area (Å²) in [5, 5.41) is 35.4. The quantitative estimate of drug-likeness (QED) is 0.360. The topological polar surface area (TPSA) is 93.3 Å². The highest BCUT2D eigenvalue weighted by atomic mass is 16.3. The van der Waals surface area contributed by atoms with Crippen LogP contribution < -0.4 is 0 Å². The van der Waals surface area contributed by atoms with Gasteiger partial charge in [-0.3, -0.25) is 4.99 Å². The molecule has 4 N–H and O–H groups in total. The molecule has 0 unspecified atom stereocenters. The standard InChI is InChI=1S/C6H11NO4/c8-1-3-5(10)6(11)4(2-9)7-3/h3,5-6,8-11H,1-2H2/t3-,5-,6-/m1/s1. The molecule has 0 fully saturated rings. The van der Waals surface area contributed by atoms with E-state index in [-0.39, 0.29) is 18.9 Å². The average molecular weight is 161 g/mol. The third-order valence-electron chi connectivity index (χ3n) is 1.74. The third-order valence-corrected chi connectivity index (χ3v) is 1.74. The molecule has 0 spiro atoms. The summed E-state index contributed by atoms with van der Waals surface area (Å²) in [6, 6.07) is -0.688. The number of aliphatic hydroxyl groups is 4. The van der Waals surface area contributed by atoms with Crippen LogP contribution in [0.3, 0.4) is 0 Å². The van der Waals surface area contributed by atoms with E-state index in [9.17, 15) is 0 Å². The molecule has 0 bridgehead atoms. The molecule has 1 aliphatic heterocycles. The van der Waals surface area contributed by atoms with Gasteiger partial charge in [0.2, 0.25) is 0 Å². The van der Waals surface area contributed by atoms with Crippen molar-refractivity contribution in [2.45, 2.75) is 18.2 Å². The molecule has 3 atom stereocenters. The first-order chi connectivity index (χ1) is 5.20. The number of hydrogen-bond acceptors (Lipinski definition) is 5. The van der Waals surface area contributed by atoms with Gasteiger partial charge in [0.05, 0.1) is 18.9 Å². The maximum atomic E-state index is 9.12. The fraction of sp³-hybridized carbons (Fsp3) is 0.833. The molecule has 0 radical (unpaired) electrons. The van der Waals surface area contributed by atoms with Crippen LogP contribution in [0.4, 0.5) is 0 Å². The third kappa shape index (κ3) is 1.41. The van der Waals surface area contributed by atoms with Gasteiger partial charge < -0.3 is 20.4 Å². The van der Waals surface area contributed by atoms with Crippen molar-refractivity contribution in [1.82, 2.24) is 0 Å². The van der Waals surface area contributed by atoms with E-state index in [0.29, 0.717) is 0 Å². The van der Waals surface area contributed by atoms with E-state index >= 15 is 0 Å². The van der Waals surface area contributed by atoms with Gasteiger partial charge in [0.15, 0.2) is 0 Å². The number of nitrogens with zero attached hydrogens (tertiary/aromatic N) is 1. The Labute approximate surface area is 63.6 Å². The molecule has 0 aromatic heterocycles. The minimum atomic E-state index is -1.13. The van der Waals surface area contributed by atoms with E-state index < -0.39 is 18.2 Å². The molecule has 0 aliphatic carbocycles. The van der Waals surface area contributed by atoms with Crippen LogP contribution in [0.1, 0.15) is 0 Å². The van der Waals surface area contributed by atoms with Crippen molar-refractivity contribution < 1.29 is 20.4 Å². The SMILES string of the molecule is OCC1=N[C@H](CO)[C@@H](O)[C@@H]1O. The monoisotopic (exact) mass is 161 g/mol. The second kappa shape index (κ2) is 3.27. The van der Waals surface area contributed by atoms with Crippen LogP contribution in [0.5, 0.6) is 0 Å². The summed E-state index contributed by atoms with van der Waals surface area (Å²) in [6.07, 6.45) is -2.21. The van der Waals surface area contributed by atoms with Gasteiger partial charge in [-0.2, -0.15) is 0 Å². The first-order valence-corrected chi connectivity index (χ1v) is 3.35. The van der Waals surface area contributed by atoms with Crippen LogP contribution in [0.25, 0.3) is 0 Å². The molecular weight excluding hydrogens is 150 g/mol. The molecule has 0 aromatic rings. The first kappa shape index (κ1) is 8.61. The molecule has 0 saturated heterocycles. The van der Waals surface area contributed by atoms with Crippen molar-refractivity contribution in [3.05, 3.63) is 0 Å². The number of hydrogen-bond donors (Lipinski definition) is 4. The zero-order valence-electron chi connectivity index (χ0n) is 5.88. The Morgan fingerprint density at radius 2 is 1.91 bits per heavy atom. The fourth-order valence-electron chi connectivity index (χ4n) is 1.06. The summed E-state index contributed by atoms with van der Waals surface area (Å²) in [6.45, 7) is -0.698. The van der Waals surface area contributed by atoms with E-state index in [1.54, 1.807) is 0 Å². The predicted octanol–water partition coefficient (Wildman–Crippen LogP) is -2.48. The van der Waals surface area contributed by atoms with Gasteiger partial charge in [-0.05, 0) is 0 Å². The Morgan fingerprint density at radius 1 is 1.27 bits per heavy atom. The molecule has 0 saturated carbocycles. The molecule has 11 heavy (non-hydrogen) atoms. The average Bonchev–Trinajstić information content (AvgIpc) is 2.30. The number of rotatable bonds is 2. The summed E-state index contributed by atoms with van der Waals surface area (Å²) in [7, 11) is 0. The van der Waals surface area contributed by atoms with Crippen molar-refractivity contribution in [3.63, 3.8) is 0 Å². The highest BCUT2D eigenvalue weighted by molar-refractivity contribution is 5.92. The lowest BCUT2D eigenvalue weighted by Crippen LogP contribution is -2.36. The predicted molar refractivity (Wildman–Crippen MR) is 37.4 cm³/mol. The summed E-state index contributed by atoms with van der Waals surface area (Å²) in [5.74, 6) is 0. The lowest BCUT2D eigenvalue weighted by atomic mass is 10.1. The Balaban J connectivity index is 2.68. The Morgan fingerprint density at radius 3 is 2.18 bits per heavy atom. The molecule has 5 heteroatoms. The molecular formula is C6H11NO4. The Bertz CT molecular complexity index is 170. The van der Waals surface area contributed by atoms with Crippen molar-refractivity contribution in [1.29, 1.82) is 0 Å². The van der Waals surface area contributed by atoms with Crippen molar-refractivity contribution in [2.75, 3.05) is 13.2 Å². The molecule has 5 nitrogen and oxygen atoms in total. The van der Waals surface area contributed by atoms with Crippen LogP contribution >= 0.6 is 0 Å². The van der Waals surface area contributed by atoms with Gasteiger partial charge in [-0.1, -0.05) is 0 Å². The molecule has 0 amide bonds. The first-order valence-electron chi connectivity index (χ1n) is 3.35. The molecule has 1 aliphatic rings. The normalized spacial score (nSPS) is 37.5. The summed E-state index contributed by atoms with van der Waals surface area (Å²) in [4.78, 5) is 3.70. The highest BCUT2D eigenvalue weighted by Crippen LogP contribution is 2.14. The van der Waals surface area contributed by atoms with Crippen LogP contribution in [0, 0.1) is 0 Å². The van der Waals surface area contributed by atoms with E-state index in [4.69, 9.17) is 20.4 Å². The minimum Gasteiger partial charge on any atom is -0.394 e. The van der Waals surface area contributed by atoms with E-state index in [0.717, 1.165) is 0 Å². The zero-order valence-corrected chi connectivity index (χ0v) is 5.88. The zero-order chi connectivity index (χ0) is 8.43. The minimum absolute atomic E-state index is 0.136. The number of aliphatic hydroxyl groups excluding tert-OH is 4. The molecule has 1 heterocycles. The van der Waals surface area contributed by atoms with Crippen molar-refractivity contribution >= 4 is 5.71 Å². The summed E-state index contributed by atoms with van der Waals surface area (Å²) < 4.78 is 0. The van der Waals surface area contributed by atoms with Gasteiger partial charge in [0.1, 0.15) is 18.2 Å². The lowest BCUT2D eigenvalue weighted by molar-refractivity contribution is 0.0392. The molecule has 0 aromatic carbocycles. The van der Waals surface area contributed by atoms with Crippen LogP contribution in [0.2, 0.25) is 0 Å². The van der Waals surface area contributed by atoms with Crippen LogP contribution in [-0.2, 0) is 0 Å². The second-order valence-corrected chi connectivity index (χ2v) is 2.46. The Hall–Kier alpha value is -0.490. The van der Waals surface area contributed by atoms with Gasteiger partial charge >= 0.3 is 0 Å².